The number of aromatic nitrogens is 1. The molecular weight excluding hydrogens is 298 g/mol. The van der Waals surface area contributed by atoms with E-state index in [1.54, 1.807) is 36.4 Å². The maximum absolute atomic E-state index is 12.8. The Morgan fingerprint density at radius 3 is 2.23 bits per heavy atom. The summed E-state index contributed by atoms with van der Waals surface area (Å²) in [5, 5.41) is 0.635. The highest BCUT2D eigenvalue weighted by molar-refractivity contribution is 7.90. The van der Waals surface area contributed by atoms with E-state index in [1.165, 1.54) is 10.2 Å². The molecule has 0 spiro atoms. The van der Waals surface area contributed by atoms with Crippen molar-refractivity contribution in [2.24, 2.45) is 0 Å². The van der Waals surface area contributed by atoms with E-state index in [0.29, 0.717) is 22.8 Å². The van der Waals surface area contributed by atoms with Crippen molar-refractivity contribution in [2.75, 3.05) is 0 Å². The van der Waals surface area contributed by atoms with Crippen LogP contribution >= 0.6 is 0 Å². The monoisotopic (exact) mass is 313 g/mol. The summed E-state index contributed by atoms with van der Waals surface area (Å²) in [5.74, 6) is 0. The number of nitrogens with zero attached hydrogens (tertiary/aromatic N) is 1. The second-order valence-corrected chi connectivity index (χ2v) is 7.15. The van der Waals surface area contributed by atoms with Gasteiger partial charge >= 0.3 is 0 Å². The van der Waals surface area contributed by atoms with Crippen molar-refractivity contribution >= 4 is 27.2 Å². The molecule has 0 saturated heterocycles. The lowest BCUT2D eigenvalue weighted by molar-refractivity contribution is 0.112. The van der Waals surface area contributed by atoms with Crippen molar-refractivity contribution in [3.05, 3.63) is 65.4 Å². The average molecular weight is 313 g/mol. The third kappa shape index (κ3) is 2.23. The first-order valence-electron chi connectivity index (χ1n) is 6.82. The second-order valence-electron chi connectivity index (χ2n) is 5.34. The molecule has 0 N–H and O–H groups in total. The lowest BCUT2D eigenvalue weighted by atomic mass is 10.1. The molecule has 0 saturated carbocycles. The number of carbonyl (C=O) groups excluding carboxylic acids is 1. The summed E-state index contributed by atoms with van der Waals surface area (Å²) in [6.07, 6.45) is 2.06. The molecule has 5 heteroatoms. The van der Waals surface area contributed by atoms with E-state index in [-0.39, 0.29) is 4.90 Å². The highest BCUT2D eigenvalue weighted by atomic mass is 32.2. The van der Waals surface area contributed by atoms with Gasteiger partial charge in [0.25, 0.3) is 10.0 Å². The van der Waals surface area contributed by atoms with Crippen LogP contribution in [0.2, 0.25) is 0 Å². The number of hydrogen-bond acceptors (Lipinski definition) is 3. The fourth-order valence-electron chi connectivity index (χ4n) is 2.45. The van der Waals surface area contributed by atoms with Gasteiger partial charge in [0, 0.05) is 17.1 Å². The predicted molar refractivity (Wildman–Crippen MR) is 85.8 cm³/mol. The molecule has 0 aliphatic carbocycles. The molecule has 22 heavy (non-hydrogen) atoms. The van der Waals surface area contributed by atoms with Crippen molar-refractivity contribution in [1.29, 1.82) is 0 Å². The van der Waals surface area contributed by atoms with Crippen molar-refractivity contribution in [3.8, 4) is 0 Å². The second kappa shape index (κ2) is 5.10. The zero-order valence-corrected chi connectivity index (χ0v) is 13.1. The summed E-state index contributed by atoms with van der Waals surface area (Å²) in [6.45, 7) is 3.78. The van der Waals surface area contributed by atoms with Gasteiger partial charge in [0.05, 0.1) is 10.4 Å². The van der Waals surface area contributed by atoms with E-state index in [9.17, 15) is 13.2 Å². The van der Waals surface area contributed by atoms with E-state index < -0.39 is 10.0 Å². The molecular formula is C17H15NO3S. The number of carbonyl (C=O) groups is 1. The van der Waals surface area contributed by atoms with Gasteiger partial charge in [0.1, 0.15) is 0 Å². The standard InChI is InChI=1S/C17H15NO3S/c1-12-3-6-15(7-4-12)22(20,21)18-10-14(11-19)16-8-5-13(2)9-17(16)18/h3-11H,1-2H3. The van der Waals surface area contributed by atoms with E-state index in [0.717, 1.165) is 11.1 Å². The van der Waals surface area contributed by atoms with Crippen LogP contribution in [0.3, 0.4) is 0 Å². The number of aryl methyl sites for hydroxylation is 2. The van der Waals surface area contributed by atoms with Crippen molar-refractivity contribution in [1.82, 2.24) is 3.97 Å². The molecule has 0 radical (unpaired) electrons. The Bertz CT molecular complexity index is 967. The summed E-state index contributed by atoms with van der Waals surface area (Å²) >= 11 is 0. The van der Waals surface area contributed by atoms with Gasteiger partial charge in [-0.1, -0.05) is 29.8 Å². The van der Waals surface area contributed by atoms with Crippen molar-refractivity contribution < 1.29 is 13.2 Å². The Hall–Kier alpha value is -2.40. The van der Waals surface area contributed by atoms with E-state index in [4.69, 9.17) is 0 Å². The largest absolute Gasteiger partial charge is 0.298 e. The number of aldehydes is 1. The van der Waals surface area contributed by atoms with E-state index in [2.05, 4.69) is 0 Å². The van der Waals surface area contributed by atoms with Gasteiger partial charge in [-0.15, -0.1) is 0 Å². The molecule has 2 aromatic carbocycles. The molecule has 1 aromatic heterocycles. The van der Waals surface area contributed by atoms with Crippen molar-refractivity contribution in [3.63, 3.8) is 0 Å². The van der Waals surface area contributed by atoms with Crippen LogP contribution in [0.25, 0.3) is 10.9 Å². The minimum atomic E-state index is -3.73. The molecule has 3 aromatic rings. The summed E-state index contributed by atoms with van der Waals surface area (Å²) < 4.78 is 26.9. The van der Waals surface area contributed by atoms with Crippen LogP contribution in [0.1, 0.15) is 21.5 Å². The highest BCUT2D eigenvalue weighted by Gasteiger charge is 2.21. The van der Waals surface area contributed by atoms with Gasteiger partial charge in [-0.25, -0.2) is 12.4 Å². The van der Waals surface area contributed by atoms with Gasteiger partial charge in [-0.3, -0.25) is 4.79 Å². The summed E-state index contributed by atoms with van der Waals surface area (Å²) in [7, 11) is -3.73. The smallest absolute Gasteiger partial charge is 0.268 e. The first-order chi connectivity index (χ1) is 10.4. The normalized spacial score (nSPS) is 11.7. The van der Waals surface area contributed by atoms with Crippen LogP contribution in [0.4, 0.5) is 0 Å². The molecule has 0 unspecified atom stereocenters. The van der Waals surface area contributed by atoms with Gasteiger partial charge in [-0.05, 0) is 37.6 Å². The molecule has 0 aliphatic rings. The molecule has 0 bridgehead atoms. The Kier molecular flexibility index (Phi) is 3.37. The van der Waals surface area contributed by atoms with Crippen LogP contribution < -0.4 is 0 Å². The number of rotatable bonds is 3. The summed E-state index contributed by atoms with van der Waals surface area (Å²) in [5.41, 5.74) is 2.80. The van der Waals surface area contributed by atoms with Crippen molar-refractivity contribution in [2.45, 2.75) is 18.7 Å². The lowest BCUT2D eigenvalue weighted by Gasteiger charge is -2.08. The van der Waals surface area contributed by atoms with Gasteiger partial charge in [-0.2, -0.15) is 0 Å². The Morgan fingerprint density at radius 2 is 1.59 bits per heavy atom. The number of benzene rings is 2. The van der Waals surface area contributed by atoms with Crippen LogP contribution in [-0.2, 0) is 10.0 Å². The van der Waals surface area contributed by atoms with Gasteiger partial charge in [0.15, 0.2) is 6.29 Å². The quantitative estimate of drug-likeness (QED) is 0.697. The average Bonchev–Trinajstić information content (AvgIpc) is 2.86. The lowest BCUT2D eigenvalue weighted by Crippen LogP contribution is -2.11. The molecule has 0 amide bonds. The molecule has 1 heterocycles. The zero-order valence-electron chi connectivity index (χ0n) is 12.3. The zero-order chi connectivity index (χ0) is 15.9. The van der Waals surface area contributed by atoms with E-state index >= 15 is 0 Å². The molecule has 3 rings (SSSR count). The molecule has 0 aliphatic heterocycles. The molecule has 0 atom stereocenters. The minimum Gasteiger partial charge on any atom is -0.298 e. The maximum Gasteiger partial charge on any atom is 0.268 e. The fraction of sp³-hybridized carbons (Fsp3) is 0.118. The van der Waals surface area contributed by atoms with Gasteiger partial charge < -0.3 is 0 Å². The molecule has 112 valence electrons. The fourth-order valence-corrected chi connectivity index (χ4v) is 3.82. The Balaban J connectivity index is 2.31. The predicted octanol–water partition coefficient (Wildman–Crippen LogP) is 3.31. The first kappa shape index (κ1) is 14.5. The highest BCUT2D eigenvalue weighted by Crippen LogP contribution is 2.26. The summed E-state index contributed by atoms with van der Waals surface area (Å²) in [6, 6.07) is 12.1. The van der Waals surface area contributed by atoms with Crippen LogP contribution in [0.15, 0.2) is 53.6 Å². The maximum atomic E-state index is 12.8. The van der Waals surface area contributed by atoms with Gasteiger partial charge in [0.2, 0.25) is 0 Å². The Labute approximate surface area is 129 Å². The first-order valence-corrected chi connectivity index (χ1v) is 8.26. The topological polar surface area (TPSA) is 56.1 Å². The van der Waals surface area contributed by atoms with Crippen LogP contribution in [0, 0.1) is 13.8 Å². The van der Waals surface area contributed by atoms with E-state index in [1.807, 2.05) is 19.9 Å². The Morgan fingerprint density at radius 1 is 0.955 bits per heavy atom. The van der Waals surface area contributed by atoms with Crippen LogP contribution in [-0.4, -0.2) is 18.7 Å². The third-order valence-corrected chi connectivity index (χ3v) is 5.35. The van der Waals surface area contributed by atoms with Crippen LogP contribution in [0.5, 0.6) is 0 Å². The number of hydrogen-bond donors (Lipinski definition) is 0. The number of fused-ring (bicyclic) bond motifs is 1. The third-order valence-electron chi connectivity index (χ3n) is 3.66. The molecule has 0 fully saturated rings. The molecule has 4 nitrogen and oxygen atoms in total. The minimum absolute atomic E-state index is 0.203. The SMILES string of the molecule is Cc1ccc(S(=O)(=O)n2cc(C=O)c3ccc(C)cc32)cc1. The summed E-state index contributed by atoms with van der Waals surface area (Å²) in [4.78, 5) is 11.4.